The number of hydrogen-bond donors (Lipinski definition) is 3. The highest BCUT2D eigenvalue weighted by atomic mass is 16.3. The molecule has 1 heterocycles. The first-order valence-electron chi connectivity index (χ1n) is 11.0. The maximum atomic E-state index is 13.2. The summed E-state index contributed by atoms with van der Waals surface area (Å²) in [6, 6.07) is 13.8. The van der Waals surface area contributed by atoms with Gasteiger partial charge in [0.05, 0.1) is 28.9 Å². The van der Waals surface area contributed by atoms with Crippen LogP contribution in [0.4, 0.5) is 17.1 Å². The summed E-state index contributed by atoms with van der Waals surface area (Å²) in [6.07, 6.45) is 0.623. The average molecular weight is 477 g/mol. The monoisotopic (exact) mass is 476 g/mol. The number of nitrogens with zero attached hydrogens (tertiary/aromatic N) is 4. The number of amides is 1. The predicted molar refractivity (Wildman–Crippen MR) is 134 cm³/mol. The van der Waals surface area contributed by atoms with Crippen LogP contribution in [0, 0.1) is 11.3 Å². The minimum Gasteiger partial charge on any atom is -0.505 e. The number of aromatic hydroxyl groups is 1. The number of rotatable bonds is 7. The van der Waals surface area contributed by atoms with Gasteiger partial charge in [-0.25, -0.2) is 9.36 Å². The zero-order chi connectivity index (χ0) is 25.9. The second-order valence-corrected chi connectivity index (χ2v) is 8.28. The molecular weight excluding hydrogens is 448 g/mol. The molecule has 0 saturated carbocycles. The van der Waals surface area contributed by atoms with E-state index in [2.05, 4.69) is 10.6 Å². The molecule has 0 radical (unpaired) electrons. The standard InChI is InChI=1S/C25H28N6O4/c1-6-18(16-10-8-7-9-11-16)27-20-21(25(35)31(5)30(4)24(20)34)28-19-13-15(14-26)12-17(22(19)32)23(33)29(2)3/h7-13,18,27-28,32H,6H2,1-5H3. The molecule has 0 aliphatic rings. The Balaban J connectivity index is 2.20. The maximum absolute atomic E-state index is 13.2. The van der Waals surface area contributed by atoms with Crippen LogP contribution in [0.15, 0.2) is 52.1 Å². The van der Waals surface area contributed by atoms with Crippen molar-refractivity contribution in [3.05, 3.63) is 79.9 Å². The van der Waals surface area contributed by atoms with Gasteiger partial charge in [-0.15, -0.1) is 0 Å². The van der Waals surface area contributed by atoms with Gasteiger partial charge in [-0.05, 0) is 24.1 Å². The molecule has 1 unspecified atom stereocenters. The van der Waals surface area contributed by atoms with Gasteiger partial charge in [0.2, 0.25) is 0 Å². The van der Waals surface area contributed by atoms with Gasteiger partial charge in [-0.2, -0.15) is 5.26 Å². The van der Waals surface area contributed by atoms with Gasteiger partial charge in [-0.3, -0.25) is 14.4 Å². The lowest BCUT2D eigenvalue weighted by atomic mass is 10.0. The van der Waals surface area contributed by atoms with E-state index in [1.54, 1.807) is 0 Å². The third-order valence-electron chi connectivity index (χ3n) is 5.78. The third-order valence-corrected chi connectivity index (χ3v) is 5.78. The van der Waals surface area contributed by atoms with Gasteiger partial charge in [0.25, 0.3) is 17.0 Å². The van der Waals surface area contributed by atoms with Crippen molar-refractivity contribution >= 4 is 23.0 Å². The summed E-state index contributed by atoms with van der Waals surface area (Å²) in [4.78, 5) is 40.3. The Hall–Kier alpha value is -4.52. The first-order valence-corrected chi connectivity index (χ1v) is 11.0. The molecule has 0 saturated heterocycles. The second kappa shape index (κ2) is 10.2. The van der Waals surface area contributed by atoms with E-state index in [1.807, 2.05) is 43.3 Å². The fourth-order valence-corrected chi connectivity index (χ4v) is 3.67. The van der Waals surface area contributed by atoms with Crippen LogP contribution in [0.1, 0.15) is 40.9 Å². The SMILES string of the molecule is CCC(Nc1c(Nc2cc(C#N)cc(C(=O)N(C)C)c2O)c(=O)n(C)n(C)c1=O)c1ccccc1. The van der Waals surface area contributed by atoms with Gasteiger partial charge in [-0.1, -0.05) is 37.3 Å². The van der Waals surface area contributed by atoms with Crippen LogP contribution in [0.2, 0.25) is 0 Å². The summed E-state index contributed by atoms with van der Waals surface area (Å²) < 4.78 is 2.32. The molecule has 3 rings (SSSR count). The molecule has 0 fully saturated rings. The van der Waals surface area contributed by atoms with Gasteiger partial charge < -0.3 is 20.6 Å². The van der Waals surface area contributed by atoms with Crippen molar-refractivity contribution in [1.29, 1.82) is 5.26 Å². The number of phenols is 1. The smallest absolute Gasteiger partial charge is 0.290 e. The fraction of sp³-hybridized carbons (Fsp3) is 0.280. The average Bonchev–Trinajstić information content (AvgIpc) is 2.86. The predicted octanol–water partition coefficient (Wildman–Crippen LogP) is 2.67. The lowest BCUT2D eigenvalue weighted by molar-refractivity contribution is 0.0824. The van der Waals surface area contributed by atoms with Gasteiger partial charge in [0, 0.05) is 28.2 Å². The zero-order valence-corrected chi connectivity index (χ0v) is 20.3. The van der Waals surface area contributed by atoms with Crippen LogP contribution in [-0.2, 0) is 14.1 Å². The molecule has 1 atom stereocenters. The van der Waals surface area contributed by atoms with E-state index in [9.17, 15) is 24.8 Å². The molecule has 182 valence electrons. The van der Waals surface area contributed by atoms with Crippen molar-refractivity contribution in [3.8, 4) is 11.8 Å². The summed E-state index contributed by atoms with van der Waals surface area (Å²) >= 11 is 0. The van der Waals surface area contributed by atoms with Gasteiger partial charge in [0.15, 0.2) is 5.75 Å². The summed E-state index contributed by atoms with van der Waals surface area (Å²) in [5.41, 5.74) is -0.243. The Labute approximate surface area is 202 Å². The van der Waals surface area contributed by atoms with E-state index >= 15 is 0 Å². The Morgan fingerprint density at radius 3 is 2.23 bits per heavy atom. The molecule has 0 aliphatic carbocycles. The first kappa shape index (κ1) is 25.1. The van der Waals surface area contributed by atoms with E-state index in [1.165, 1.54) is 49.9 Å². The van der Waals surface area contributed by atoms with Crippen LogP contribution in [0.3, 0.4) is 0 Å². The maximum Gasteiger partial charge on any atom is 0.290 e. The topological polar surface area (TPSA) is 132 Å². The Morgan fingerprint density at radius 1 is 1.09 bits per heavy atom. The lowest BCUT2D eigenvalue weighted by Gasteiger charge is -2.23. The first-order chi connectivity index (χ1) is 16.6. The molecular formula is C25H28N6O4. The summed E-state index contributed by atoms with van der Waals surface area (Å²) in [5.74, 6) is -0.959. The molecule has 1 aromatic heterocycles. The van der Waals surface area contributed by atoms with Crippen molar-refractivity contribution in [2.45, 2.75) is 19.4 Å². The molecule has 2 aromatic carbocycles. The van der Waals surface area contributed by atoms with E-state index in [0.717, 1.165) is 10.2 Å². The number of carbonyl (C=O) groups is 1. The minimum absolute atomic E-state index is 0.00792. The van der Waals surface area contributed by atoms with Crippen LogP contribution < -0.4 is 21.8 Å². The van der Waals surface area contributed by atoms with Crippen molar-refractivity contribution in [3.63, 3.8) is 0 Å². The molecule has 10 heteroatoms. The normalized spacial score (nSPS) is 11.4. The largest absolute Gasteiger partial charge is 0.505 e. The number of aromatic nitrogens is 2. The minimum atomic E-state index is -0.542. The molecule has 35 heavy (non-hydrogen) atoms. The van der Waals surface area contributed by atoms with Gasteiger partial charge in [0.1, 0.15) is 11.4 Å². The highest BCUT2D eigenvalue weighted by Crippen LogP contribution is 2.34. The van der Waals surface area contributed by atoms with Gasteiger partial charge >= 0.3 is 0 Å². The number of carbonyl (C=O) groups excluding carboxylic acids is 1. The quantitative estimate of drug-likeness (QED) is 0.447. The summed E-state index contributed by atoms with van der Waals surface area (Å²) in [5, 5.41) is 26.3. The summed E-state index contributed by atoms with van der Waals surface area (Å²) in [6.45, 7) is 1.95. The van der Waals surface area contributed by atoms with E-state index in [4.69, 9.17) is 0 Å². The summed E-state index contributed by atoms with van der Waals surface area (Å²) in [7, 11) is 5.95. The van der Waals surface area contributed by atoms with Crippen molar-refractivity contribution in [1.82, 2.24) is 14.3 Å². The molecule has 10 nitrogen and oxygen atoms in total. The van der Waals surface area contributed by atoms with E-state index in [0.29, 0.717) is 6.42 Å². The molecule has 3 aromatic rings. The van der Waals surface area contributed by atoms with Crippen molar-refractivity contribution in [2.75, 3.05) is 24.7 Å². The number of anilines is 3. The highest BCUT2D eigenvalue weighted by Gasteiger charge is 2.23. The van der Waals surface area contributed by atoms with Crippen molar-refractivity contribution < 1.29 is 9.90 Å². The molecule has 0 bridgehead atoms. The third kappa shape index (κ3) is 4.89. The number of benzene rings is 2. The highest BCUT2D eigenvalue weighted by molar-refractivity contribution is 5.99. The Bertz CT molecular complexity index is 1420. The second-order valence-electron chi connectivity index (χ2n) is 8.28. The molecule has 1 amide bonds. The van der Waals surface area contributed by atoms with E-state index in [-0.39, 0.29) is 34.2 Å². The fourth-order valence-electron chi connectivity index (χ4n) is 3.67. The zero-order valence-electron chi connectivity index (χ0n) is 20.3. The lowest BCUT2D eigenvalue weighted by Crippen LogP contribution is -2.38. The number of hydrogen-bond acceptors (Lipinski definition) is 7. The number of nitrogens with one attached hydrogen (secondary N) is 2. The van der Waals surface area contributed by atoms with Crippen LogP contribution >= 0.6 is 0 Å². The van der Waals surface area contributed by atoms with Crippen LogP contribution in [0.25, 0.3) is 0 Å². The molecule has 0 aliphatic heterocycles. The molecule has 0 spiro atoms. The Kier molecular flexibility index (Phi) is 7.30. The van der Waals surface area contributed by atoms with E-state index < -0.39 is 22.8 Å². The van der Waals surface area contributed by atoms with Crippen molar-refractivity contribution in [2.24, 2.45) is 14.1 Å². The molecule has 3 N–H and O–H groups in total. The van der Waals surface area contributed by atoms with Crippen LogP contribution in [0.5, 0.6) is 5.75 Å². The number of nitriles is 1. The Morgan fingerprint density at radius 2 is 1.69 bits per heavy atom. The number of phenolic OH excluding ortho intramolecular Hbond substituents is 1. The van der Waals surface area contributed by atoms with Crippen LogP contribution in [-0.4, -0.2) is 39.4 Å².